The summed E-state index contributed by atoms with van der Waals surface area (Å²) in [6, 6.07) is 22.0. The fraction of sp³-hybridized carbons (Fsp3) is 0. The van der Waals surface area contributed by atoms with Gasteiger partial charge in [0.1, 0.15) is 5.75 Å². The number of hydrogen-bond acceptors (Lipinski definition) is 5. The van der Waals surface area contributed by atoms with Crippen LogP contribution in [0.15, 0.2) is 83.3 Å². The quantitative estimate of drug-likeness (QED) is 0.170. The van der Waals surface area contributed by atoms with E-state index in [4.69, 9.17) is 4.74 Å². The molecule has 0 fully saturated rings. The number of carbonyl (C=O) groups excluding carboxylic acids is 1. The number of nitro benzene ring substituents is 1. The molecule has 0 aliphatic carbocycles. The van der Waals surface area contributed by atoms with Crippen molar-refractivity contribution in [1.29, 1.82) is 0 Å². The second-order valence-corrected chi connectivity index (χ2v) is 7.14. The Morgan fingerprint density at radius 3 is 2.34 bits per heavy atom. The van der Waals surface area contributed by atoms with E-state index in [2.05, 4.69) is 20.9 Å². The van der Waals surface area contributed by atoms with E-state index in [-0.39, 0.29) is 11.4 Å². The lowest BCUT2D eigenvalue weighted by molar-refractivity contribution is -0.384. The molecule has 4 aromatic rings. The van der Waals surface area contributed by atoms with Gasteiger partial charge in [-0.15, -0.1) is 0 Å². The lowest BCUT2D eigenvalue weighted by Crippen LogP contribution is -2.10. The highest BCUT2D eigenvalue weighted by Gasteiger charge is 2.16. The maximum Gasteiger partial charge on any atom is 0.344 e. The summed E-state index contributed by atoms with van der Waals surface area (Å²) in [5.74, 6) is -0.331. The predicted octanol–water partition coefficient (Wildman–Crippen LogP) is 5.79. The second-order valence-electron chi connectivity index (χ2n) is 6.22. The monoisotopic (exact) mass is 448 g/mol. The van der Waals surface area contributed by atoms with Gasteiger partial charge >= 0.3 is 5.97 Å². The third-order valence-corrected chi connectivity index (χ3v) is 4.86. The molecule has 0 amide bonds. The Morgan fingerprint density at radius 2 is 1.66 bits per heavy atom. The minimum atomic E-state index is -0.559. The minimum Gasteiger partial charge on any atom is -0.423 e. The maximum atomic E-state index is 12.9. The molecule has 0 aliphatic heterocycles. The van der Waals surface area contributed by atoms with Crippen LogP contribution in [0.4, 0.5) is 5.69 Å². The number of hydrogen-bond donors (Lipinski definition) is 0. The first-order valence-electron chi connectivity index (χ1n) is 8.63. The highest BCUT2D eigenvalue weighted by Crippen LogP contribution is 2.27. The summed E-state index contributed by atoms with van der Waals surface area (Å²) in [5.41, 5.74) is 2.47. The molecule has 0 bridgehead atoms. The zero-order valence-corrected chi connectivity index (χ0v) is 16.5. The van der Waals surface area contributed by atoms with Crippen molar-refractivity contribution in [2.75, 3.05) is 0 Å². The fourth-order valence-electron chi connectivity index (χ4n) is 2.91. The van der Waals surface area contributed by atoms with Gasteiger partial charge < -0.3 is 4.74 Å². The highest BCUT2D eigenvalue weighted by molar-refractivity contribution is 9.10. The molecule has 1 aromatic heterocycles. The predicted molar refractivity (Wildman–Crippen MR) is 113 cm³/mol. The molecule has 0 radical (unpaired) electrons. The first-order chi connectivity index (χ1) is 14.0. The highest BCUT2D eigenvalue weighted by atomic mass is 79.9. The van der Waals surface area contributed by atoms with E-state index in [9.17, 15) is 14.9 Å². The average Bonchev–Trinajstić information content (AvgIpc) is 2.74. The summed E-state index contributed by atoms with van der Waals surface area (Å²) in [7, 11) is 0. The Hall–Kier alpha value is -3.58. The molecule has 0 atom stereocenters. The average molecular weight is 449 g/mol. The zero-order valence-electron chi connectivity index (χ0n) is 14.9. The van der Waals surface area contributed by atoms with Crippen LogP contribution in [-0.2, 0) is 0 Å². The van der Waals surface area contributed by atoms with Gasteiger partial charge in [-0.3, -0.25) is 10.1 Å². The van der Waals surface area contributed by atoms with Gasteiger partial charge in [0.25, 0.3) is 5.69 Å². The van der Waals surface area contributed by atoms with Gasteiger partial charge in [0.2, 0.25) is 0 Å². The third-order valence-electron chi connectivity index (χ3n) is 4.33. The van der Waals surface area contributed by atoms with E-state index in [1.165, 1.54) is 24.3 Å². The van der Waals surface area contributed by atoms with Gasteiger partial charge in [-0.25, -0.2) is 9.78 Å². The van der Waals surface area contributed by atoms with E-state index in [0.717, 1.165) is 10.0 Å². The number of rotatable bonds is 4. The van der Waals surface area contributed by atoms with Gasteiger partial charge in [-0.05, 0) is 36.4 Å². The van der Waals surface area contributed by atoms with E-state index in [1.54, 1.807) is 12.1 Å². The number of ether oxygens (including phenoxy) is 1. The maximum absolute atomic E-state index is 12.9. The summed E-state index contributed by atoms with van der Waals surface area (Å²) < 4.78 is 6.40. The standard InChI is InChI=1S/C22H13BrN2O4/c23-15-7-5-14(6-8-15)21-13-19(18-3-1-2-4-20(18)24-21)22(26)29-17-11-9-16(10-12-17)25(27)28/h1-13H. The topological polar surface area (TPSA) is 82.3 Å². The molecule has 0 saturated carbocycles. The summed E-state index contributed by atoms with van der Waals surface area (Å²) in [6.45, 7) is 0. The number of nitro groups is 1. The summed E-state index contributed by atoms with van der Waals surface area (Å²) >= 11 is 3.41. The Labute approximate surface area is 174 Å². The Kier molecular flexibility index (Phi) is 5.05. The molecule has 6 nitrogen and oxygen atoms in total. The Morgan fingerprint density at radius 1 is 0.966 bits per heavy atom. The van der Waals surface area contributed by atoms with E-state index in [1.807, 2.05) is 42.5 Å². The van der Waals surface area contributed by atoms with E-state index >= 15 is 0 Å². The Balaban J connectivity index is 1.74. The van der Waals surface area contributed by atoms with E-state index < -0.39 is 10.9 Å². The van der Waals surface area contributed by atoms with Crippen LogP contribution in [0.2, 0.25) is 0 Å². The number of para-hydroxylation sites is 1. The molecule has 0 aliphatic rings. The number of aromatic nitrogens is 1. The van der Waals surface area contributed by atoms with Crippen molar-refractivity contribution < 1.29 is 14.5 Å². The van der Waals surface area contributed by atoms with Crippen LogP contribution in [0.3, 0.4) is 0 Å². The molecule has 1 heterocycles. The largest absolute Gasteiger partial charge is 0.423 e. The number of nitrogens with zero attached hydrogens (tertiary/aromatic N) is 2. The van der Waals surface area contributed by atoms with Crippen LogP contribution < -0.4 is 4.74 Å². The number of carbonyl (C=O) groups is 1. The number of esters is 1. The molecule has 0 unspecified atom stereocenters. The molecule has 4 rings (SSSR count). The third kappa shape index (κ3) is 4.00. The number of halogens is 1. The van der Waals surface area contributed by atoms with Crippen molar-refractivity contribution in [3.63, 3.8) is 0 Å². The molecular weight excluding hydrogens is 436 g/mol. The van der Waals surface area contributed by atoms with Gasteiger partial charge in [-0.1, -0.05) is 46.3 Å². The van der Waals surface area contributed by atoms with Crippen molar-refractivity contribution in [2.45, 2.75) is 0 Å². The molecule has 7 heteroatoms. The number of pyridine rings is 1. The minimum absolute atomic E-state index is 0.0725. The molecular formula is C22H13BrN2O4. The fourth-order valence-corrected chi connectivity index (χ4v) is 3.18. The summed E-state index contributed by atoms with van der Waals surface area (Å²) in [4.78, 5) is 27.8. The summed E-state index contributed by atoms with van der Waals surface area (Å²) in [5, 5.41) is 11.5. The zero-order chi connectivity index (χ0) is 20.4. The normalized spacial score (nSPS) is 10.7. The molecule has 3 aromatic carbocycles. The number of benzene rings is 3. The van der Waals surface area contributed by atoms with Crippen LogP contribution in [-0.4, -0.2) is 15.9 Å². The smallest absolute Gasteiger partial charge is 0.344 e. The van der Waals surface area contributed by atoms with Crippen molar-refractivity contribution in [3.8, 4) is 17.0 Å². The number of fused-ring (bicyclic) bond motifs is 1. The molecule has 142 valence electrons. The molecule has 29 heavy (non-hydrogen) atoms. The molecule has 0 N–H and O–H groups in total. The first-order valence-corrected chi connectivity index (χ1v) is 9.43. The van der Waals surface area contributed by atoms with Crippen LogP contribution in [0.5, 0.6) is 5.75 Å². The molecule has 0 spiro atoms. The Bertz CT molecular complexity index is 1220. The van der Waals surface area contributed by atoms with E-state index in [0.29, 0.717) is 22.2 Å². The van der Waals surface area contributed by atoms with Crippen LogP contribution >= 0.6 is 15.9 Å². The number of non-ortho nitro benzene ring substituents is 1. The van der Waals surface area contributed by atoms with Crippen LogP contribution in [0.25, 0.3) is 22.2 Å². The van der Waals surface area contributed by atoms with Gasteiger partial charge in [0, 0.05) is 27.6 Å². The van der Waals surface area contributed by atoms with Gasteiger partial charge in [0.05, 0.1) is 21.7 Å². The lowest BCUT2D eigenvalue weighted by atomic mass is 10.0. The van der Waals surface area contributed by atoms with Gasteiger partial charge in [0.15, 0.2) is 0 Å². The SMILES string of the molecule is O=C(Oc1ccc([N+](=O)[O-])cc1)c1cc(-c2ccc(Br)cc2)nc2ccccc12. The van der Waals surface area contributed by atoms with Crippen LogP contribution in [0.1, 0.15) is 10.4 Å². The summed E-state index contributed by atoms with van der Waals surface area (Å²) in [6.07, 6.45) is 0. The van der Waals surface area contributed by atoms with Crippen molar-refractivity contribution in [2.24, 2.45) is 0 Å². The first kappa shape index (κ1) is 18.8. The van der Waals surface area contributed by atoms with Crippen molar-refractivity contribution in [3.05, 3.63) is 99.0 Å². The van der Waals surface area contributed by atoms with Crippen molar-refractivity contribution in [1.82, 2.24) is 4.98 Å². The second kappa shape index (κ2) is 7.81. The van der Waals surface area contributed by atoms with Crippen LogP contribution in [0, 0.1) is 10.1 Å². The van der Waals surface area contributed by atoms with Crippen molar-refractivity contribution >= 4 is 38.5 Å². The van der Waals surface area contributed by atoms with Gasteiger partial charge in [-0.2, -0.15) is 0 Å². The lowest BCUT2D eigenvalue weighted by Gasteiger charge is -2.10. The molecule has 0 saturated heterocycles.